The zero-order chi connectivity index (χ0) is 13.5. The van der Waals surface area contributed by atoms with Gasteiger partial charge in [-0.15, -0.1) is 0 Å². The molecule has 102 valence electrons. The second-order valence-electron chi connectivity index (χ2n) is 4.07. The molecule has 5 N–H and O–H groups in total. The van der Waals surface area contributed by atoms with Gasteiger partial charge in [0.15, 0.2) is 0 Å². The molecule has 1 atom stereocenters. The lowest BCUT2D eigenvalue weighted by molar-refractivity contribution is -0.139. The van der Waals surface area contributed by atoms with E-state index in [1.807, 2.05) is 0 Å². The summed E-state index contributed by atoms with van der Waals surface area (Å²) in [6.07, 6.45) is 1.82. The van der Waals surface area contributed by atoms with Gasteiger partial charge in [-0.2, -0.15) is 0 Å². The fourth-order valence-corrected chi connectivity index (χ4v) is 1.26. The molecule has 18 heavy (non-hydrogen) atoms. The lowest BCUT2D eigenvalue weighted by Gasteiger charge is -2.13. The Labute approximate surface area is 104 Å². The van der Waals surface area contributed by atoms with Crippen molar-refractivity contribution in [1.82, 2.24) is 16.0 Å². The van der Waals surface area contributed by atoms with Crippen LogP contribution in [0.5, 0.6) is 0 Å². The van der Waals surface area contributed by atoms with Crippen molar-refractivity contribution in [3.05, 3.63) is 0 Å². The van der Waals surface area contributed by atoms with Crippen LogP contribution in [0.2, 0.25) is 0 Å². The Balaban J connectivity index is 2.21. The van der Waals surface area contributed by atoms with E-state index in [1.54, 1.807) is 0 Å². The summed E-state index contributed by atoms with van der Waals surface area (Å²) in [7, 11) is 0. The molecule has 1 rings (SSSR count). The first-order valence-electron chi connectivity index (χ1n) is 5.70. The molecular formula is C10H17N3O5. The fraction of sp³-hybridized carbons (Fsp3) is 0.700. The van der Waals surface area contributed by atoms with Gasteiger partial charge in [-0.1, -0.05) is 0 Å². The van der Waals surface area contributed by atoms with Crippen LogP contribution in [0.15, 0.2) is 0 Å². The molecule has 1 fully saturated rings. The van der Waals surface area contributed by atoms with Gasteiger partial charge in [0, 0.05) is 19.1 Å². The highest BCUT2D eigenvalue weighted by atomic mass is 16.4. The molecule has 1 saturated carbocycles. The number of nitrogens with one attached hydrogen (secondary N) is 3. The van der Waals surface area contributed by atoms with Crippen molar-refractivity contribution in [3.8, 4) is 0 Å². The third-order valence-electron chi connectivity index (χ3n) is 2.37. The van der Waals surface area contributed by atoms with E-state index < -0.39 is 18.0 Å². The van der Waals surface area contributed by atoms with E-state index in [4.69, 9.17) is 10.2 Å². The number of amides is 3. The molecule has 0 radical (unpaired) electrons. The molecule has 8 heteroatoms. The molecule has 8 nitrogen and oxygen atoms in total. The van der Waals surface area contributed by atoms with E-state index in [-0.39, 0.29) is 31.5 Å². The maximum absolute atomic E-state index is 11.3. The van der Waals surface area contributed by atoms with E-state index >= 15 is 0 Å². The molecule has 1 aliphatic rings. The fourth-order valence-electron chi connectivity index (χ4n) is 1.26. The van der Waals surface area contributed by atoms with E-state index in [1.165, 1.54) is 0 Å². The Bertz CT molecular complexity index is 329. The molecule has 0 aromatic heterocycles. The normalized spacial score (nSPS) is 15.6. The zero-order valence-electron chi connectivity index (χ0n) is 9.81. The van der Waals surface area contributed by atoms with Crippen LogP contribution in [-0.2, 0) is 9.59 Å². The summed E-state index contributed by atoms with van der Waals surface area (Å²) >= 11 is 0. The van der Waals surface area contributed by atoms with Crippen LogP contribution in [0.1, 0.15) is 19.3 Å². The van der Waals surface area contributed by atoms with E-state index in [2.05, 4.69) is 16.0 Å². The molecule has 0 aromatic carbocycles. The van der Waals surface area contributed by atoms with Crippen molar-refractivity contribution in [3.63, 3.8) is 0 Å². The molecule has 0 spiro atoms. The molecule has 1 unspecified atom stereocenters. The van der Waals surface area contributed by atoms with Crippen LogP contribution in [0, 0.1) is 0 Å². The Kier molecular flexibility index (Phi) is 5.37. The molecule has 0 aromatic rings. The summed E-state index contributed by atoms with van der Waals surface area (Å²) in [5.41, 5.74) is 0. The summed E-state index contributed by atoms with van der Waals surface area (Å²) < 4.78 is 0. The van der Waals surface area contributed by atoms with E-state index in [0.29, 0.717) is 0 Å². The first kappa shape index (κ1) is 14.2. The number of hydrogen-bond donors (Lipinski definition) is 5. The van der Waals surface area contributed by atoms with Crippen molar-refractivity contribution in [2.24, 2.45) is 0 Å². The van der Waals surface area contributed by atoms with Crippen LogP contribution >= 0.6 is 0 Å². The molecular weight excluding hydrogens is 242 g/mol. The van der Waals surface area contributed by atoms with Crippen molar-refractivity contribution >= 4 is 17.9 Å². The number of aliphatic hydroxyl groups is 1. The first-order chi connectivity index (χ1) is 8.52. The van der Waals surface area contributed by atoms with E-state index in [9.17, 15) is 14.4 Å². The van der Waals surface area contributed by atoms with Gasteiger partial charge >= 0.3 is 12.0 Å². The summed E-state index contributed by atoms with van der Waals surface area (Å²) in [5.74, 6) is -1.54. The number of hydrogen-bond acceptors (Lipinski definition) is 4. The summed E-state index contributed by atoms with van der Waals surface area (Å²) in [5, 5.41) is 24.4. The van der Waals surface area contributed by atoms with Crippen LogP contribution < -0.4 is 16.0 Å². The van der Waals surface area contributed by atoms with Crippen molar-refractivity contribution in [1.29, 1.82) is 0 Å². The third-order valence-corrected chi connectivity index (χ3v) is 2.37. The number of rotatable bonds is 7. The SMILES string of the molecule is O=C(CNC(=O)NC(CCO)C(=O)O)NC1CC1. The third kappa shape index (κ3) is 5.48. The Hall–Kier alpha value is -1.83. The number of carbonyl (C=O) groups is 3. The summed E-state index contributed by atoms with van der Waals surface area (Å²) in [4.78, 5) is 33.2. The Morgan fingerprint density at radius 2 is 1.94 bits per heavy atom. The molecule has 1 aliphatic carbocycles. The van der Waals surface area contributed by atoms with Gasteiger partial charge in [-0.3, -0.25) is 4.79 Å². The van der Waals surface area contributed by atoms with Gasteiger partial charge in [0.2, 0.25) is 5.91 Å². The van der Waals surface area contributed by atoms with Crippen LogP contribution in [0.3, 0.4) is 0 Å². The van der Waals surface area contributed by atoms with Gasteiger partial charge < -0.3 is 26.2 Å². The second kappa shape index (κ2) is 6.80. The van der Waals surface area contributed by atoms with Crippen molar-refractivity contribution in [2.75, 3.05) is 13.2 Å². The smallest absolute Gasteiger partial charge is 0.326 e. The van der Waals surface area contributed by atoms with Crippen LogP contribution in [-0.4, -0.2) is 53.4 Å². The molecule has 3 amide bonds. The van der Waals surface area contributed by atoms with E-state index in [0.717, 1.165) is 12.8 Å². The number of carboxylic acids is 1. The monoisotopic (exact) mass is 259 g/mol. The van der Waals surface area contributed by atoms with Crippen LogP contribution in [0.4, 0.5) is 4.79 Å². The molecule has 0 saturated heterocycles. The Morgan fingerprint density at radius 1 is 1.28 bits per heavy atom. The molecule has 0 aliphatic heterocycles. The predicted molar refractivity (Wildman–Crippen MR) is 60.8 cm³/mol. The average Bonchev–Trinajstić information content (AvgIpc) is 3.09. The molecule has 0 bridgehead atoms. The first-order valence-corrected chi connectivity index (χ1v) is 5.70. The minimum atomic E-state index is -1.23. The van der Waals surface area contributed by atoms with Gasteiger partial charge in [0.1, 0.15) is 6.04 Å². The number of carbonyl (C=O) groups excluding carboxylic acids is 2. The lowest BCUT2D eigenvalue weighted by atomic mass is 10.2. The highest BCUT2D eigenvalue weighted by molar-refractivity contribution is 5.86. The van der Waals surface area contributed by atoms with Gasteiger partial charge in [0.05, 0.1) is 6.54 Å². The standard InChI is InChI=1S/C10H17N3O5/c14-4-3-7(9(16)17)13-10(18)11-5-8(15)12-6-1-2-6/h6-7,14H,1-5H2,(H,12,15)(H,16,17)(H2,11,13,18). The zero-order valence-corrected chi connectivity index (χ0v) is 9.81. The maximum atomic E-state index is 11.3. The molecule has 0 heterocycles. The minimum absolute atomic E-state index is 0.0863. The highest BCUT2D eigenvalue weighted by Crippen LogP contribution is 2.18. The second-order valence-corrected chi connectivity index (χ2v) is 4.07. The quantitative estimate of drug-likeness (QED) is 0.376. The Morgan fingerprint density at radius 3 is 2.44 bits per heavy atom. The van der Waals surface area contributed by atoms with Crippen molar-refractivity contribution < 1.29 is 24.6 Å². The number of carboxylic acid groups (broad SMARTS) is 1. The topological polar surface area (TPSA) is 128 Å². The predicted octanol–water partition coefficient (Wildman–Crippen LogP) is -1.60. The number of aliphatic carboxylic acids is 1. The van der Waals surface area contributed by atoms with Crippen LogP contribution in [0.25, 0.3) is 0 Å². The maximum Gasteiger partial charge on any atom is 0.326 e. The number of aliphatic hydroxyl groups excluding tert-OH is 1. The summed E-state index contributed by atoms with van der Waals surface area (Å²) in [6, 6.07) is -1.70. The van der Waals surface area contributed by atoms with Crippen molar-refractivity contribution in [2.45, 2.75) is 31.3 Å². The lowest BCUT2D eigenvalue weighted by Crippen LogP contribution is -2.48. The van der Waals surface area contributed by atoms with Gasteiger partial charge in [-0.05, 0) is 12.8 Å². The van der Waals surface area contributed by atoms with Gasteiger partial charge in [-0.25, -0.2) is 9.59 Å². The largest absolute Gasteiger partial charge is 0.480 e. The summed E-state index contributed by atoms with van der Waals surface area (Å²) in [6.45, 7) is -0.548. The average molecular weight is 259 g/mol. The van der Waals surface area contributed by atoms with Gasteiger partial charge in [0.25, 0.3) is 0 Å². The number of urea groups is 1. The highest BCUT2D eigenvalue weighted by Gasteiger charge is 2.23. The minimum Gasteiger partial charge on any atom is -0.480 e.